The molecule has 0 atom stereocenters. The Bertz CT molecular complexity index is 814. The minimum atomic E-state index is -0.827. The van der Waals surface area contributed by atoms with Crippen molar-refractivity contribution in [3.05, 3.63) is 59.2 Å². The summed E-state index contributed by atoms with van der Waals surface area (Å²) >= 11 is 0. The zero-order valence-corrected chi connectivity index (χ0v) is 15.9. The standard InChI is InChI=1S/C21H25N3O3/c1-4-5-12-27-18-10-8-17(9-11-18)14-22-24-21(26)20(25)23-19-13-15(2)6-7-16(19)3/h6-11,13-14H,4-5,12H2,1-3H3,(H,23,25)(H,24,26). The van der Waals surface area contributed by atoms with Crippen LogP contribution in [0.3, 0.4) is 0 Å². The van der Waals surface area contributed by atoms with Crippen LogP contribution in [0.15, 0.2) is 47.6 Å². The Labute approximate surface area is 159 Å². The number of benzene rings is 2. The Balaban J connectivity index is 1.85. The predicted molar refractivity (Wildman–Crippen MR) is 107 cm³/mol. The highest BCUT2D eigenvalue weighted by Crippen LogP contribution is 2.16. The molecular formula is C21H25N3O3. The van der Waals surface area contributed by atoms with Crippen molar-refractivity contribution in [2.24, 2.45) is 5.10 Å². The van der Waals surface area contributed by atoms with Crippen LogP contribution in [0.1, 0.15) is 36.5 Å². The number of carbonyl (C=O) groups excluding carboxylic acids is 2. The number of hydrogen-bond donors (Lipinski definition) is 2. The zero-order valence-electron chi connectivity index (χ0n) is 15.9. The maximum Gasteiger partial charge on any atom is 0.329 e. The lowest BCUT2D eigenvalue weighted by atomic mass is 10.1. The van der Waals surface area contributed by atoms with Gasteiger partial charge in [-0.3, -0.25) is 9.59 Å². The molecule has 2 N–H and O–H groups in total. The van der Waals surface area contributed by atoms with Crippen molar-refractivity contribution < 1.29 is 14.3 Å². The molecule has 0 bridgehead atoms. The second-order valence-electron chi connectivity index (χ2n) is 6.24. The van der Waals surface area contributed by atoms with E-state index >= 15 is 0 Å². The van der Waals surface area contributed by atoms with Crippen LogP contribution in [-0.4, -0.2) is 24.6 Å². The van der Waals surface area contributed by atoms with E-state index in [1.807, 2.05) is 56.3 Å². The molecule has 2 rings (SSSR count). The summed E-state index contributed by atoms with van der Waals surface area (Å²) < 4.78 is 5.58. The first kappa shape index (κ1) is 20.2. The van der Waals surface area contributed by atoms with Crippen LogP contribution in [-0.2, 0) is 9.59 Å². The van der Waals surface area contributed by atoms with E-state index in [1.54, 1.807) is 0 Å². The molecule has 0 aliphatic carbocycles. The molecule has 0 unspecified atom stereocenters. The number of hydrogen-bond acceptors (Lipinski definition) is 4. The van der Waals surface area contributed by atoms with Crippen molar-refractivity contribution in [1.82, 2.24) is 5.43 Å². The van der Waals surface area contributed by atoms with Crippen molar-refractivity contribution in [1.29, 1.82) is 0 Å². The highest BCUT2D eigenvalue weighted by atomic mass is 16.5. The summed E-state index contributed by atoms with van der Waals surface area (Å²) in [6.07, 6.45) is 3.57. The second-order valence-corrected chi connectivity index (χ2v) is 6.24. The summed E-state index contributed by atoms with van der Waals surface area (Å²) in [5.74, 6) is -0.801. The number of rotatable bonds is 7. The molecule has 2 aromatic carbocycles. The van der Waals surface area contributed by atoms with Crippen LogP contribution in [0.2, 0.25) is 0 Å². The second kappa shape index (κ2) is 10.1. The minimum absolute atomic E-state index is 0.609. The van der Waals surface area contributed by atoms with Gasteiger partial charge in [0.15, 0.2) is 0 Å². The molecule has 0 fully saturated rings. The smallest absolute Gasteiger partial charge is 0.329 e. The summed E-state index contributed by atoms with van der Waals surface area (Å²) in [5, 5.41) is 6.41. The largest absolute Gasteiger partial charge is 0.494 e. The third kappa shape index (κ3) is 6.58. The fourth-order valence-electron chi connectivity index (χ4n) is 2.25. The van der Waals surface area contributed by atoms with Crippen molar-refractivity contribution in [2.45, 2.75) is 33.6 Å². The van der Waals surface area contributed by atoms with E-state index in [2.05, 4.69) is 22.8 Å². The van der Waals surface area contributed by atoms with Gasteiger partial charge in [0.05, 0.1) is 12.8 Å². The Hall–Kier alpha value is -3.15. The third-order valence-corrected chi connectivity index (χ3v) is 3.87. The van der Waals surface area contributed by atoms with Gasteiger partial charge in [0.1, 0.15) is 5.75 Å². The molecule has 0 saturated carbocycles. The van der Waals surface area contributed by atoms with Gasteiger partial charge in [0, 0.05) is 5.69 Å². The van der Waals surface area contributed by atoms with Gasteiger partial charge in [-0.25, -0.2) is 5.43 Å². The van der Waals surface area contributed by atoms with Gasteiger partial charge in [-0.15, -0.1) is 0 Å². The Morgan fingerprint density at radius 2 is 1.81 bits per heavy atom. The van der Waals surface area contributed by atoms with E-state index in [0.29, 0.717) is 12.3 Å². The Morgan fingerprint density at radius 1 is 1.07 bits per heavy atom. The summed E-state index contributed by atoms with van der Waals surface area (Å²) in [4.78, 5) is 23.9. The topological polar surface area (TPSA) is 79.8 Å². The monoisotopic (exact) mass is 367 g/mol. The van der Waals surface area contributed by atoms with Crippen LogP contribution in [0, 0.1) is 13.8 Å². The molecule has 6 heteroatoms. The molecule has 0 spiro atoms. The van der Waals surface area contributed by atoms with Crippen LogP contribution in [0.4, 0.5) is 5.69 Å². The Kier molecular flexibility index (Phi) is 7.55. The number of hydrazone groups is 1. The van der Waals surface area contributed by atoms with Crippen LogP contribution < -0.4 is 15.5 Å². The maximum atomic E-state index is 12.0. The number of carbonyl (C=O) groups is 2. The summed E-state index contributed by atoms with van der Waals surface area (Å²) in [6, 6.07) is 13.0. The minimum Gasteiger partial charge on any atom is -0.494 e. The van der Waals surface area contributed by atoms with E-state index in [0.717, 1.165) is 35.3 Å². The zero-order chi connectivity index (χ0) is 19.6. The normalized spacial score (nSPS) is 10.6. The number of amides is 2. The molecule has 0 heterocycles. The molecule has 0 saturated heterocycles. The van der Waals surface area contributed by atoms with Crippen LogP contribution in [0.25, 0.3) is 0 Å². The number of anilines is 1. The molecular weight excluding hydrogens is 342 g/mol. The fraction of sp³-hybridized carbons (Fsp3) is 0.286. The molecule has 0 radical (unpaired) electrons. The van der Waals surface area contributed by atoms with Gasteiger partial charge >= 0.3 is 11.8 Å². The highest BCUT2D eigenvalue weighted by molar-refractivity contribution is 6.39. The van der Waals surface area contributed by atoms with Gasteiger partial charge in [-0.05, 0) is 67.3 Å². The average Bonchev–Trinajstić information content (AvgIpc) is 2.66. The molecule has 0 aliphatic rings. The first-order valence-electron chi connectivity index (χ1n) is 8.94. The van der Waals surface area contributed by atoms with E-state index in [-0.39, 0.29) is 0 Å². The van der Waals surface area contributed by atoms with Crippen molar-refractivity contribution >= 4 is 23.7 Å². The molecule has 2 amide bonds. The average molecular weight is 367 g/mol. The number of ether oxygens (including phenoxy) is 1. The third-order valence-electron chi connectivity index (χ3n) is 3.87. The first-order chi connectivity index (χ1) is 13.0. The quantitative estimate of drug-likeness (QED) is 0.340. The maximum absolute atomic E-state index is 12.0. The van der Waals surface area contributed by atoms with Gasteiger partial charge in [0.25, 0.3) is 0 Å². The molecule has 0 aliphatic heterocycles. The summed E-state index contributed by atoms with van der Waals surface area (Å²) in [6.45, 7) is 6.58. The van der Waals surface area contributed by atoms with Gasteiger partial charge < -0.3 is 10.1 Å². The number of nitrogens with zero attached hydrogens (tertiary/aromatic N) is 1. The van der Waals surface area contributed by atoms with Gasteiger partial charge in [0.2, 0.25) is 0 Å². The first-order valence-corrected chi connectivity index (χ1v) is 8.94. The molecule has 2 aromatic rings. The molecule has 27 heavy (non-hydrogen) atoms. The van der Waals surface area contributed by atoms with Gasteiger partial charge in [-0.2, -0.15) is 5.10 Å². The van der Waals surface area contributed by atoms with E-state index in [4.69, 9.17) is 4.74 Å². The van der Waals surface area contributed by atoms with Crippen molar-refractivity contribution in [2.75, 3.05) is 11.9 Å². The lowest BCUT2D eigenvalue weighted by molar-refractivity contribution is -0.136. The van der Waals surface area contributed by atoms with E-state index in [1.165, 1.54) is 6.21 Å². The molecule has 142 valence electrons. The number of unbranched alkanes of at least 4 members (excludes halogenated alkanes) is 1. The predicted octanol–water partition coefficient (Wildman–Crippen LogP) is 3.57. The number of aryl methyl sites for hydroxylation is 2. The SMILES string of the molecule is CCCCOc1ccc(C=NNC(=O)C(=O)Nc2cc(C)ccc2C)cc1. The van der Waals surface area contributed by atoms with Crippen LogP contribution >= 0.6 is 0 Å². The highest BCUT2D eigenvalue weighted by Gasteiger charge is 2.13. The Morgan fingerprint density at radius 3 is 2.52 bits per heavy atom. The van der Waals surface area contributed by atoms with E-state index < -0.39 is 11.8 Å². The summed E-state index contributed by atoms with van der Waals surface area (Å²) in [5.41, 5.74) is 5.50. The number of nitrogens with one attached hydrogen (secondary N) is 2. The lowest BCUT2D eigenvalue weighted by Crippen LogP contribution is -2.32. The molecule has 6 nitrogen and oxygen atoms in total. The van der Waals surface area contributed by atoms with E-state index in [9.17, 15) is 9.59 Å². The van der Waals surface area contributed by atoms with Crippen molar-refractivity contribution in [3.63, 3.8) is 0 Å². The van der Waals surface area contributed by atoms with Gasteiger partial charge in [-0.1, -0.05) is 25.5 Å². The molecule has 0 aromatic heterocycles. The van der Waals surface area contributed by atoms with Crippen molar-refractivity contribution in [3.8, 4) is 5.75 Å². The lowest BCUT2D eigenvalue weighted by Gasteiger charge is -2.08. The van der Waals surface area contributed by atoms with Crippen LogP contribution in [0.5, 0.6) is 5.75 Å². The summed E-state index contributed by atoms with van der Waals surface area (Å²) in [7, 11) is 0. The fourth-order valence-corrected chi connectivity index (χ4v) is 2.25.